The molecule has 1 aliphatic heterocycles. The maximum Gasteiger partial charge on any atom is 0.234 e. The third-order valence-corrected chi connectivity index (χ3v) is 4.95. The number of thioether (sulfide) groups is 1. The summed E-state index contributed by atoms with van der Waals surface area (Å²) in [6.45, 7) is 0.703. The van der Waals surface area contributed by atoms with Crippen molar-refractivity contribution in [3.63, 3.8) is 0 Å². The minimum absolute atomic E-state index is 0.0825. The van der Waals surface area contributed by atoms with Crippen molar-refractivity contribution in [1.29, 1.82) is 0 Å². The van der Waals surface area contributed by atoms with Crippen molar-refractivity contribution in [3.05, 3.63) is 48.5 Å². The summed E-state index contributed by atoms with van der Waals surface area (Å²) in [5.74, 6) is 0.942. The molecule has 2 amide bonds. The van der Waals surface area contributed by atoms with E-state index in [2.05, 4.69) is 5.32 Å². The molecule has 0 aliphatic carbocycles. The third kappa shape index (κ3) is 4.33. The fourth-order valence-corrected chi connectivity index (χ4v) is 3.46. The molecule has 2 aromatic carbocycles. The zero-order valence-corrected chi connectivity index (χ0v) is 14.8. The number of rotatable bonds is 6. The summed E-state index contributed by atoms with van der Waals surface area (Å²) in [5.41, 5.74) is 1.41. The Kier molecular flexibility index (Phi) is 5.60. The summed E-state index contributed by atoms with van der Waals surface area (Å²) in [5, 5.41) is 2.87. The molecule has 6 heteroatoms. The molecule has 25 heavy (non-hydrogen) atoms. The van der Waals surface area contributed by atoms with Gasteiger partial charge in [0.1, 0.15) is 5.75 Å². The Bertz CT molecular complexity index is 765. The highest BCUT2D eigenvalue weighted by Gasteiger charge is 2.24. The first-order valence-electron chi connectivity index (χ1n) is 8.13. The second-order valence-corrected chi connectivity index (χ2v) is 6.73. The fourth-order valence-electron chi connectivity index (χ4n) is 2.74. The Morgan fingerprint density at radius 1 is 1.24 bits per heavy atom. The molecule has 0 unspecified atom stereocenters. The molecule has 130 valence electrons. The summed E-state index contributed by atoms with van der Waals surface area (Å²) in [6, 6.07) is 15.2. The predicted octanol–water partition coefficient (Wildman–Crippen LogP) is 3.55. The monoisotopic (exact) mass is 356 g/mol. The number of hydrogen-bond acceptors (Lipinski definition) is 4. The molecule has 1 N–H and O–H groups in total. The minimum Gasteiger partial charge on any atom is -0.494 e. The van der Waals surface area contributed by atoms with Crippen LogP contribution in [-0.2, 0) is 9.59 Å². The molecule has 5 nitrogen and oxygen atoms in total. The highest BCUT2D eigenvalue weighted by molar-refractivity contribution is 8.00. The maximum absolute atomic E-state index is 12.1. The number of ether oxygens (including phenoxy) is 1. The first-order valence-corrected chi connectivity index (χ1v) is 9.12. The van der Waals surface area contributed by atoms with E-state index < -0.39 is 0 Å². The van der Waals surface area contributed by atoms with Crippen molar-refractivity contribution in [2.24, 2.45) is 0 Å². The van der Waals surface area contributed by atoms with Crippen LogP contribution < -0.4 is 15.0 Å². The lowest BCUT2D eigenvalue weighted by Gasteiger charge is -2.19. The molecular weight excluding hydrogens is 336 g/mol. The van der Waals surface area contributed by atoms with Crippen LogP contribution in [0.1, 0.15) is 12.8 Å². The third-order valence-electron chi connectivity index (χ3n) is 3.94. The van der Waals surface area contributed by atoms with Crippen LogP contribution in [0.4, 0.5) is 11.4 Å². The Morgan fingerprint density at radius 3 is 2.72 bits per heavy atom. The van der Waals surface area contributed by atoms with Gasteiger partial charge in [-0.25, -0.2) is 0 Å². The molecule has 0 radical (unpaired) electrons. The van der Waals surface area contributed by atoms with Crippen molar-refractivity contribution in [1.82, 2.24) is 0 Å². The Morgan fingerprint density at radius 2 is 2.04 bits per heavy atom. The molecule has 0 atom stereocenters. The molecule has 0 saturated carbocycles. The van der Waals surface area contributed by atoms with E-state index >= 15 is 0 Å². The van der Waals surface area contributed by atoms with E-state index in [9.17, 15) is 9.59 Å². The molecule has 1 heterocycles. The van der Waals surface area contributed by atoms with Gasteiger partial charge in [0.05, 0.1) is 18.6 Å². The number of nitrogens with zero attached hydrogens (tertiary/aromatic N) is 1. The van der Waals surface area contributed by atoms with Gasteiger partial charge in [0, 0.05) is 29.6 Å². The van der Waals surface area contributed by atoms with Crippen LogP contribution in [0, 0.1) is 0 Å². The molecule has 2 aromatic rings. The van der Waals surface area contributed by atoms with E-state index in [1.54, 1.807) is 24.1 Å². The molecule has 1 aliphatic rings. The van der Waals surface area contributed by atoms with Crippen molar-refractivity contribution in [3.8, 4) is 5.75 Å². The Hall–Kier alpha value is -2.47. The number of benzene rings is 2. The number of carbonyl (C=O) groups is 2. The SMILES string of the molecule is COc1cc(NC(=O)CSc2ccccc2)ccc1N1CCCC1=O. The molecule has 3 rings (SSSR count). The number of carbonyl (C=O) groups excluding carboxylic acids is 2. The standard InChI is InChI=1S/C19H20N2O3S/c1-24-17-12-14(9-10-16(17)21-11-5-8-19(21)23)20-18(22)13-25-15-6-3-2-4-7-15/h2-4,6-7,9-10,12H,5,8,11,13H2,1H3,(H,20,22). The topological polar surface area (TPSA) is 58.6 Å². The van der Waals surface area contributed by atoms with Gasteiger partial charge in [-0.15, -0.1) is 11.8 Å². The first kappa shape index (κ1) is 17.4. The zero-order chi connectivity index (χ0) is 17.6. The number of amides is 2. The van der Waals surface area contributed by atoms with Crippen LogP contribution in [-0.4, -0.2) is 31.2 Å². The van der Waals surface area contributed by atoms with Gasteiger partial charge in [-0.05, 0) is 30.7 Å². The lowest BCUT2D eigenvalue weighted by atomic mass is 10.2. The molecule has 0 bridgehead atoms. The number of anilines is 2. The molecule has 0 aromatic heterocycles. The van der Waals surface area contributed by atoms with Gasteiger partial charge < -0.3 is 15.0 Å². The Labute approximate surface area is 151 Å². The summed E-state index contributed by atoms with van der Waals surface area (Å²) in [6.07, 6.45) is 1.43. The van der Waals surface area contributed by atoms with E-state index in [4.69, 9.17) is 4.74 Å². The van der Waals surface area contributed by atoms with Gasteiger partial charge in [0.25, 0.3) is 0 Å². The second kappa shape index (κ2) is 8.07. The highest BCUT2D eigenvalue weighted by Crippen LogP contribution is 2.33. The largest absolute Gasteiger partial charge is 0.494 e. The van der Waals surface area contributed by atoms with Gasteiger partial charge in [0.2, 0.25) is 11.8 Å². The molecule has 0 spiro atoms. The summed E-state index contributed by atoms with van der Waals surface area (Å²) >= 11 is 1.49. The second-order valence-electron chi connectivity index (χ2n) is 5.69. The first-order chi connectivity index (χ1) is 12.2. The van der Waals surface area contributed by atoms with Crippen LogP contribution >= 0.6 is 11.8 Å². The molecular formula is C19H20N2O3S. The van der Waals surface area contributed by atoms with Crippen molar-refractivity contribution < 1.29 is 14.3 Å². The van der Waals surface area contributed by atoms with Gasteiger partial charge in [0.15, 0.2) is 0 Å². The lowest BCUT2D eigenvalue weighted by Crippen LogP contribution is -2.24. The fraction of sp³-hybridized carbons (Fsp3) is 0.263. The van der Waals surface area contributed by atoms with Crippen LogP contribution in [0.5, 0.6) is 5.75 Å². The van der Waals surface area contributed by atoms with E-state index in [-0.39, 0.29) is 11.8 Å². The number of hydrogen-bond donors (Lipinski definition) is 1. The van der Waals surface area contributed by atoms with Gasteiger partial charge in [-0.2, -0.15) is 0 Å². The van der Waals surface area contributed by atoms with Gasteiger partial charge in [-0.3, -0.25) is 9.59 Å². The smallest absolute Gasteiger partial charge is 0.234 e. The van der Waals surface area contributed by atoms with Crippen LogP contribution in [0.2, 0.25) is 0 Å². The lowest BCUT2D eigenvalue weighted by molar-refractivity contribution is -0.117. The minimum atomic E-state index is -0.0825. The van der Waals surface area contributed by atoms with Gasteiger partial charge >= 0.3 is 0 Å². The summed E-state index contributed by atoms with van der Waals surface area (Å²) < 4.78 is 5.41. The van der Waals surface area contributed by atoms with E-state index in [0.717, 1.165) is 17.0 Å². The van der Waals surface area contributed by atoms with E-state index in [1.807, 2.05) is 36.4 Å². The van der Waals surface area contributed by atoms with Crippen LogP contribution in [0.3, 0.4) is 0 Å². The average Bonchev–Trinajstić information content (AvgIpc) is 3.06. The summed E-state index contributed by atoms with van der Waals surface area (Å²) in [4.78, 5) is 26.9. The van der Waals surface area contributed by atoms with E-state index in [0.29, 0.717) is 30.2 Å². The maximum atomic E-state index is 12.1. The predicted molar refractivity (Wildman–Crippen MR) is 100 cm³/mol. The van der Waals surface area contributed by atoms with E-state index in [1.165, 1.54) is 11.8 Å². The molecule has 1 fully saturated rings. The normalized spacial score (nSPS) is 13.8. The van der Waals surface area contributed by atoms with Crippen molar-refractivity contribution >= 4 is 35.0 Å². The number of nitrogens with one attached hydrogen (secondary N) is 1. The quantitative estimate of drug-likeness (QED) is 0.804. The average molecular weight is 356 g/mol. The Balaban J connectivity index is 1.64. The number of methoxy groups -OCH3 is 1. The zero-order valence-electron chi connectivity index (χ0n) is 14.0. The highest BCUT2D eigenvalue weighted by atomic mass is 32.2. The van der Waals surface area contributed by atoms with Crippen molar-refractivity contribution in [2.45, 2.75) is 17.7 Å². The van der Waals surface area contributed by atoms with Crippen molar-refractivity contribution in [2.75, 3.05) is 29.6 Å². The summed E-state index contributed by atoms with van der Waals surface area (Å²) in [7, 11) is 1.57. The van der Waals surface area contributed by atoms with Crippen LogP contribution in [0.25, 0.3) is 0 Å². The molecule has 1 saturated heterocycles. The van der Waals surface area contributed by atoms with Crippen LogP contribution in [0.15, 0.2) is 53.4 Å². The van der Waals surface area contributed by atoms with Gasteiger partial charge in [-0.1, -0.05) is 18.2 Å².